The van der Waals surface area contributed by atoms with Gasteiger partial charge in [-0.15, -0.1) is 0 Å². The maximum absolute atomic E-state index is 12.2. The number of hydrogen-bond donors (Lipinski definition) is 0. The van der Waals surface area contributed by atoms with Crippen LogP contribution in [0.25, 0.3) is 0 Å². The van der Waals surface area contributed by atoms with Gasteiger partial charge in [0.15, 0.2) is 5.78 Å². The van der Waals surface area contributed by atoms with E-state index in [0.29, 0.717) is 12.0 Å². The Kier molecular flexibility index (Phi) is 1.86. The SMILES string of the molecule is CC1(C)CC(=O)C2=C(C1)O[C@]1(C)OC(=O)C[C@H]21. The number of rotatable bonds is 0. The first-order chi connectivity index (χ1) is 7.81. The molecule has 92 valence electrons. The first kappa shape index (κ1) is 10.8. The van der Waals surface area contributed by atoms with Crippen molar-refractivity contribution < 1.29 is 19.1 Å². The molecular formula is C13H16O4. The predicted molar refractivity (Wildman–Crippen MR) is 58.7 cm³/mol. The molecular weight excluding hydrogens is 220 g/mol. The normalized spacial score (nSPS) is 38.6. The smallest absolute Gasteiger partial charge is 0.310 e. The van der Waals surface area contributed by atoms with Crippen LogP contribution in [0.2, 0.25) is 0 Å². The molecule has 0 bridgehead atoms. The fraction of sp³-hybridized carbons (Fsp3) is 0.692. The number of esters is 1. The van der Waals surface area contributed by atoms with Crippen LogP contribution in [0.5, 0.6) is 0 Å². The van der Waals surface area contributed by atoms with Gasteiger partial charge in [0.25, 0.3) is 5.79 Å². The van der Waals surface area contributed by atoms with Crippen LogP contribution in [0.15, 0.2) is 11.3 Å². The lowest BCUT2D eigenvalue weighted by molar-refractivity contribution is -0.189. The van der Waals surface area contributed by atoms with E-state index >= 15 is 0 Å². The molecule has 0 N–H and O–H groups in total. The van der Waals surface area contributed by atoms with E-state index in [4.69, 9.17) is 9.47 Å². The van der Waals surface area contributed by atoms with Crippen LogP contribution in [0.3, 0.4) is 0 Å². The van der Waals surface area contributed by atoms with Crippen LogP contribution < -0.4 is 0 Å². The molecule has 2 aliphatic heterocycles. The summed E-state index contributed by atoms with van der Waals surface area (Å²) in [5, 5.41) is 0. The van der Waals surface area contributed by atoms with Crippen molar-refractivity contribution in [2.75, 3.05) is 0 Å². The van der Waals surface area contributed by atoms with Gasteiger partial charge in [-0.25, -0.2) is 0 Å². The van der Waals surface area contributed by atoms with Crippen molar-refractivity contribution in [3.63, 3.8) is 0 Å². The molecule has 2 atom stereocenters. The van der Waals surface area contributed by atoms with Crippen molar-refractivity contribution in [1.82, 2.24) is 0 Å². The summed E-state index contributed by atoms with van der Waals surface area (Å²) in [7, 11) is 0. The van der Waals surface area contributed by atoms with Crippen LogP contribution in [-0.2, 0) is 19.1 Å². The molecule has 4 nitrogen and oxygen atoms in total. The molecule has 3 rings (SSSR count). The Hall–Kier alpha value is -1.32. The van der Waals surface area contributed by atoms with Crippen LogP contribution in [0.1, 0.15) is 40.0 Å². The fourth-order valence-corrected chi connectivity index (χ4v) is 3.15. The maximum Gasteiger partial charge on any atom is 0.310 e. The molecule has 17 heavy (non-hydrogen) atoms. The molecule has 0 amide bonds. The van der Waals surface area contributed by atoms with Crippen molar-refractivity contribution in [3.8, 4) is 0 Å². The van der Waals surface area contributed by atoms with Gasteiger partial charge in [-0.2, -0.15) is 0 Å². The summed E-state index contributed by atoms with van der Waals surface area (Å²) < 4.78 is 11.0. The highest BCUT2D eigenvalue weighted by Gasteiger charge is 2.58. The summed E-state index contributed by atoms with van der Waals surface area (Å²) in [4.78, 5) is 23.5. The zero-order valence-electron chi connectivity index (χ0n) is 10.3. The summed E-state index contributed by atoms with van der Waals surface area (Å²) >= 11 is 0. The summed E-state index contributed by atoms with van der Waals surface area (Å²) in [5.41, 5.74) is 0.646. The van der Waals surface area contributed by atoms with Gasteiger partial charge in [0.1, 0.15) is 5.76 Å². The van der Waals surface area contributed by atoms with Crippen molar-refractivity contribution in [1.29, 1.82) is 0 Å². The van der Waals surface area contributed by atoms with Gasteiger partial charge in [-0.05, 0) is 5.41 Å². The molecule has 3 aliphatic rings. The second kappa shape index (κ2) is 2.92. The number of hydrogen-bond acceptors (Lipinski definition) is 4. The maximum atomic E-state index is 12.2. The summed E-state index contributed by atoms with van der Waals surface area (Å²) in [6.07, 6.45) is 1.54. The number of ketones is 1. The number of fused-ring (bicyclic) bond motifs is 2. The third kappa shape index (κ3) is 1.43. The van der Waals surface area contributed by atoms with E-state index in [1.54, 1.807) is 6.92 Å². The Labute approximate surface area is 100.0 Å². The van der Waals surface area contributed by atoms with E-state index in [9.17, 15) is 9.59 Å². The van der Waals surface area contributed by atoms with Crippen LogP contribution in [-0.4, -0.2) is 17.5 Å². The van der Waals surface area contributed by atoms with Crippen LogP contribution >= 0.6 is 0 Å². The molecule has 2 heterocycles. The number of Topliss-reactive ketones (excluding diaryl/α,β-unsaturated/α-hetero) is 1. The summed E-state index contributed by atoms with van der Waals surface area (Å²) in [5.74, 6) is -0.553. The highest BCUT2D eigenvalue weighted by atomic mass is 16.7. The molecule has 0 unspecified atom stereocenters. The van der Waals surface area contributed by atoms with Gasteiger partial charge in [0, 0.05) is 25.3 Å². The van der Waals surface area contributed by atoms with Gasteiger partial charge in [-0.3, -0.25) is 9.59 Å². The third-order valence-electron chi connectivity index (χ3n) is 3.87. The standard InChI is InChI=1S/C13H16O4/c1-12(2)5-8(14)11-7-4-10(15)17-13(7,3)16-9(11)6-12/h7H,4-6H2,1-3H3/t7-,13-/m1/s1. The minimum Gasteiger partial charge on any atom is -0.456 e. The van der Waals surface area contributed by atoms with Gasteiger partial charge >= 0.3 is 5.97 Å². The van der Waals surface area contributed by atoms with Crippen molar-refractivity contribution >= 4 is 11.8 Å². The Morgan fingerprint density at radius 2 is 1.82 bits per heavy atom. The quantitative estimate of drug-likeness (QED) is 0.603. The van der Waals surface area contributed by atoms with Crippen LogP contribution in [0.4, 0.5) is 0 Å². The number of ether oxygens (including phenoxy) is 2. The van der Waals surface area contributed by atoms with E-state index in [2.05, 4.69) is 13.8 Å². The summed E-state index contributed by atoms with van der Waals surface area (Å²) in [6, 6.07) is 0. The van der Waals surface area contributed by atoms with E-state index in [-0.39, 0.29) is 29.5 Å². The first-order valence-corrected chi connectivity index (χ1v) is 5.98. The van der Waals surface area contributed by atoms with E-state index in [1.165, 1.54) is 0 Å². The zero-order chi connectivity index (χ0) is 12.4. The minimum atomic E-state index is -0.933. The van der Waals surface area contributed by atoms with Crippen molar-refractivity contribution in [2.24, 2.45) is 11.3 Å². The molecule has 0 spiro atoms. The number of carbonyl (C=O) groups is 2. The fourth-order valence-electron chi connectivity index (χ4n) is 3.15. The van der Waals surface area contributed by atoms with E-state index in [1.807, 2.05) is 0 Å². The molecule has 4 heteroatoms. The van der Waals surface area contributed by atoms with Gasteiger partial charge < -0.3 is 9.47 Å². The van der Waals surface area contributed by atoms with Gasteiger partial charge in [0.05, 0.1) is 12.3 Å². The molecule has 0 saturated carbocycles. The highest BCUT2D eigenvalue weighted by Crippen LogP contribution is 2.53. The number of allylic oxidation sites excluding steroid dienone is 1. The van der Waals surface area contributed by atoms with Crippen molar-refractivity contribution in [3.05, 3.63) is 11.3 Å². The highest BCUT2D eigenvalue weighted by molar-refractivity contribution is 5.99. The lowest BCUT2D eigenvalue weighted by atomic mass is 9.73. The van der Waals surface area contributed by atoms with Crippen LogP contribution in [0, 0.1) is 11.3 Å². The monoisotopic (exact) mass is 236 g/mol. The first-order valence-electron chi connectivity index (χ1n) is 5.98. The Bertz CT molecular complexity index is 460. The molecule has 0 aromatic carbocycles. The molecule has 0 aromatic heterocycles. The largest absolute Gasteiger partial charge is 0.456 e. The third-order valence-corrected chi connectivity index (χ3v) is 3.87. The second-order valence-corrected chi connectivity index (χ2v) is 6.13. The molecule has 0 aromatic rings. The molecule has 1 aliphatic carbocycles. The van der Waals surface area contributed by atoms with Gasteiger partial charge in [-0.1, -0.05) is 13.8 Å². The minimum absolute atomic E-state index is 0.0606. The second-order valence-electron chi connectivity index (χ2n) is 6.13. The lowest BCUT2D eigenvalue weighted by Gasteiger charge is -2.29. The topological polar surface area (TPSA) is 52.6 Å². The van der Waals surface area contributed by atoms with E-state index < -0.39 is 5.79 Å². The van der Waals surface area contributed by atoms with Gasteiger partial charge in [0.2, 0.25) is 0 Å². The average Bonchev–Trinajstić information content (AvgIpc) is 2.49. The zero-order valence-corrected chi connectivity index (χ0v) is 10.3. The van der Waals surface area contributed by atoms with E-state index in [0.717, 1.165) is 12.2 Å². The lowest BCUT2D eigenvalue weighted by Crippen LogP contribution is -2.31. The Morgan fingerprint density at radius 3 is 2.53 bits per heavy atom. The van der Waals surface area contributed by atoms with Crippen molar-refractivity contribution in [2.45, 2.75) is 45.8 Å². The summed E-state index contributed by atoms with van der Waals surface area (Å²) in [6.45, 7) is 5.86. The Balaban J connectivity index is 2.02. The number of carbonyl (C=O) groups excluding carboxylic acids is 2. The predicted octanol–water partition coefficient (Wildman–Crippen LogP) is 1.94. The molecule has 1 fully saturated rings. The molecule has 1 saturated heterocycles. The Morgan fingerprint density at radius 1 is 1.12 bits per heavy atom. The average molecular weight is 236 g/mol. The molecule has 0 radical (unpaired) electrons.